The molecule has 0 aromatic carbocycles. The van der Waals surface area contributed by atoms with Crippen LogP contribution in [0.3, 0.4) is 0 Å². The van der Waals surface area contributed by atoms with Crippen molar-refractivity contribution in [2.75, 3.05) is 6.61 Å². The lowest BCUT2D eigenvalue weighted by atomic mass is 10.2. The second kappa shape index (κ2) is 6.52. The van der Waals surface area contributed by atoms with Crippen LogP contribution in [0.2, 0.25) is 19.6 Å². The third-order valence-electron chi connectivity index (χ3n) is 3.17. The zero-order valence-electron chi connectivity index (χ0n) is 14.9. The highest BCUT2D eigenvalue weighted by Crippen LogP contribution is 2.30. The molecule has 0 N–H and O–H groups in total. The second-order valence-corrected chi connectivity index (χ2v) is 14.6. The predicted octanol–water partition coefficient (Wildman–Crippen LogP) is 4.67. The molecule has 1 atom stereocenters. The SMILES string of the molecule is CC(C)(C)OC(=O)N1[C@@H](C=C=C(Br)[Si](C)(C)C)COC1(C)C. The lowest BCUT2D eigenvalue weighted by Crippen LogP contribution is -2.49. The Morgan fingerprint density at radius 2 is 1.95 bits per heavy atom. The molecule has 6 heteroatoms. The van der Waals surface area contributed by atoms with E-state index in [-0.39, 0.29) is 12.1 Å². The summed E-state index contributed by atoms with van der Waals surface area (Å²) >= 11 is 3.60. The van der Waals surface area contributed by atoms with Crippen molar-refractivity contribution in [3.63, 3.8) is 0 Å². The summed E-state index contributed by atoms with van der Waals surface area (Å²) in [4.78, 5) is 14.1. The quantitative estimate of drug-likeness (QED) is 0.508. The van der Waals surface area contributed by atoms with Crippen molar-refractivity contribution in [3.05, 3.63) is 15.9 Å². The summed E-state index contributed by atoms with van der Waals surface area (Å²) in [6.45, 7) is 16.5. The summed E-state index contributed by atoms with van der Waals surface area (Å²) in [6, 6.07) is -0.172. The van der Waals surface area contributed by atoms with E-state index in [0.717, 1.165) is 4.11 Å². The molecule has 126 valence electrons. The molecule has 4 nitrogen and oxygen atoms in total. The maximum Gasteiger partial charge on any atom is 0.413 e. The average Bonchev–Trinajstić information content (AvgIpc) is 2.57. The fourth-order valence-electron chi connectivity index (χ4n) is 2.01. The van der Waals surface area contributed by atoms with Crippen molar-refractivity contribution in [1.29, 1.82) is 0 Å². The Hall–Kier alpha value is -0.553. The van der Waals surface area contributed by atoms with Gasteiger partial charge >= 0.3 is 6.09 Å². The molecule has 1 fully saturated rings. The van der Waals surface area contributed by atoms with E-state index in [0.29, 0.717) is 6.61 Å². The van der Waals surface area contributed by atoms with Gasteiger partial charge in [-0.1, -0.05) is 35.6 Å². The molecule has 1 rings (SSSR count). The molecule has 22 heavy (non-hydrogen) atoms. The summed E-state index contributed by atoms with van der Waals surface area (Å²) in [5, 5.41) is 0. The Kier molecular flexibility index (Phi) is 5.77. The Labute approximate surface area is 143 Å². The van der Waals surface area contributed by atoms with Crippen molar-refractivity contribution in [1.82, 2.24) is 4.90 Å². The zero-order valence-corrected chi connectivity index (χ0v) is 17.5. The average molecular weight is 390 g/mol. The lowest BCUT2D eigenvalue weighted by Gasteiger charge is -2.34. The van der Waals surface area contributed by atoms with Gasteiger partial charge in [-0.05, 0) is 40.7 Å². The molecule has 0 aromatic rings. The lowest BCUT2D eigenvalue weighted by molar-refractivity contribution is -0.0610. The Morgan fingerprint density at radius 3 is 2.41 bits per heavy atom. The van der Waals surface area contributed by atoms with Crippen LogP contribution in [0, 0.1) is 0 Å². The van der Waals surface area contributed by atoms with Gasteiger partial charge in [-0.25, -0.2) is 4.79 Å². The molecule has 0 saturated carbocycles. The highest BCUT2D eigenvalue weighted by atomic mass is 79.9. The van der Waals surface area contributed by atoms with Gasteiger partial charge in [-0.3, -0.25) is 4.90 Å². The first-order chi connectivity index (χ1) is 9.74. The molecule has 1 aliphatic heterocycles. The third-order valence-corrected chi connectivity index (χ3v) is 8.43. The molecule has 0 spiro atoms. The van der Waals surface area contributed by atoms with Gasteiger partial charge in [0, 0.05) is 4.11 Å². The maximum absolute atomic E-state index is 12.5. The van der Waals surface area contributed by atoms with Gasteiger partial charge in [0.1, 0.15) is 11.3 Å². The predicted molar refractivity (Wildman–Crippen MR) is 95.8 cm³/mol. The number of ether oxygens (including phenoxy) is 2. The van der Waals surface area contributed by atoms with E-state index in [1.54, 1.807) is 4.90 Å². The first-order valence-electron chi connectivity index (χ1n) is 7.53. The minimum absolute atomic E-state index is 0.172. The van der Waals surface area contributed by atoms with Crippen molar-refractivity contribution >= 4 is 30.1 Å². The summed E-state index contributed by atoms with van der Waals surface area (Å²) in [6.07, 6.45) is 1.54. The third kappa shape index (κ3) is 5.27. The van der Waals surface area contributed by atoms with Gasteiger partial charge in [-0.2, -0.15) is 0 Å². The van der Waals surface area contributed by atoms with E-state index in [2.05, 4.69) is 41.3 Å². The Bertz CT molecular complexity index is 497. The molecular formula is C16H28BrNO3Si. The van der Waals surface area contributed by atoms with Crippen molar-refractivity contribution in [2.24, 2.45) is 0 Å². The normalized spacial score (nSPS) is 21.3. The van der Waals surface area contributed by atoms with Gasteiger partial charge in [0.05, 0.1) is 20.7 Å². The first kappa shape index (κ1) is 19.5. The Morgan fingerprint density at radius 1 is 1.41 bits per heavy atom. The molecule has 0 unspecified atom stereocenters. The highest BCUT2D eigenvalue weighted by molar-refractivity contribution is 9.12. The number of hydrogen-bond donors (Lipinski definition) is 0. The number of halogens is 1. The maximum atomic E-state index is 12.5. The Balaban J connectivity index is 3.05. The van der Waals surface area contributed by atoms with Gasteiger partial charge in [0.15, 0.2) is 0 Å². The smallest absolute Gasteiger partial charge is 0.413 e. The van der Waals surface area contributed by atoms with E-state index in [1.807, 2.05) is 40.7 Å². The van der Waals surface area contributed by atoms with E-state index >= 15 is 0 Å². The van der Waals surface area contributed by atoms with Crippen LogP contribution >= 0.6 is 15.9 Å². The van der Waals surface area contributed by atoms with Crippen LogP contribution in [0.25, 0.3) is 0 Å². The number of amides is 1. The number of carbonyl (C=O) groups excluding carboxylic acids is 1. The zero-order chi connectivity index (χ0) is 17.3. The molecule has 1 aliphatic rings. The largest absolute Gasteiger partial charge is 0.444 e. The second-order valence-electron chi connectivity index (χ2n) is 8.05. The number of rotatable bonds is 2. The van der Waals surface area contributed by atoms with E-state index in [9.17, 15) is 4.79 Å². The van der Waals surface area contributed by atoms with E-state index in [4.69, 9.17) is 9.47 Å². The molecule has 0 aliphatic carbocycles. The van der Waals surface area contributed by atoms with Gasteiger partial charge in [0.25, 0.3) is 0 Å². The van der Waals surface area contributed by atoms with Crippen molar-refractivity contribution < 1.29 is 14.3 Å². The van der Waals surface area contributed by atoms with Gasteiger partial charge in [0.2, 0.25) is 0 Å². The molecular weight excluding hydrogens is 362 g/mol. The fraction of sp³-hybridized carbons (Fsp3) is 0.750. The van der Waals surface area contributed by atoms with Gasteiger partial charge < -0.3 is 9.47 Å². The molecule has 1 amide bonds. The van der Waals surface area contributed by atoms with E-state index in [1.165, 1.54) is 0 Å². The summed E-state index contributed by atoms with van der Waals surface area (Å²) in [5.41, 5.74) is 2.08. The summed E-state index contributed by atoms with van der Waals surface area (Å²) < 4.78 is 12.4. The van der Waals surface area contributed by atoms with Gasteiger partial charge in [-0.15, -0.1) is 5.73 Å². The molecule has 1 saturated heterocycles. The fourth-order valence-corrected chi connectivity index (χ4v) is 2.66. The van der Waals surface area contributed by atoms with Crippen LogP contribution in [0.15, 0.2) is 15.9 Å². The van der Waals surface area contributed by atoms with Crippen LogP contribution in [-0.2, 0) is 9.47 Å². The van der Waals surface area contributed by atoms with Crippen LogP contribution in [-0.4, -0.2) is 43.0 Å². The molecule has 1 heterocycles. The highest BCUT2D eigenvalue weighted by Gasteiger charge is 2.44. The topological polar surface area (TPSA) is 38.8 Å². The van der Waals surface area contributed by atoms with Crippen LogP contribution in [0.1, 0.15) is 34.6 Å². The number of nitrogens with zero attached hydrogens (tertiary/aromatic N) is 1. The number of carbonyl (C=O) groups is 1. The molecule has 0 radical (unpaired) electrons. The van der Waals surface area contributed by atoms with E-state index < -0.39 is 19.4 Å². The monoisotopic (exact) mass is 389 g/mol. The van der Waals surface area contributed by atoms with Crippen LogP contribution < -0.4 is 0 Å². The van der Waals surface area contributed by atoms with Crippen LogP contribution in [0.5, 0.6) is 0 Å². The molecule has 0 bridgehead atoms. The summed E-state index contributed by atoms with van der Waals surface area (Å²) in [5.74, 6) is 0. The van der Waals surface area contributed by atoms with Crippen molar-refractivity contribution in [2.45, 2.75) is 71.6 Å². The molecule has 0 aromatic heterocycles. The van der Waals surface area contributed by atoms with Crippen molar-refractivity contribution in [3.8, 4) is 0 Å². The number of hydrogen-bond acceptors (Lipinski definition) is 3. The summed E-state index contributed by atoms with van der Waals surface area (Å²) in [7, 11) is -1.44. The standard InChI is InChI=1S/C16H28BrNO3Si/c1-15(2,3)21-14(19)18-12(11-20-16(18,4)5)9-10-13(17)22(6,7)8/h9,12H,11H2,1-8H3/t10?,12-/m0/s1. The first-order valence-corrected chi connectivity index (χ1v) is 11.8. The van der Waals surface area contributed by atoms with Crippen LogP contribution in [0.4, 0.5) is 4.79 Å². The minimum Gasteiger partial charge on any atom is -0.444 e. The minimum atomic E-state index is -1.44.